The second kappa shape index (κ2) is 7.16. The van der Waals surface area contributed by atoms with Crippen LogP contribution in [0.2, 0.25) is 0 Å². The van der Waals surface area contributed by atoms with Gasteiger partial charge in [0.05, 0.1) is 14.1 Å². The van der Waals surface area contributed by atoms with Crippen molar-refractivity contribution in [1.82, 2.24) is 4.90 Å². The molecule has 0 bridgehead atoms. The van der Waals surface area contributed by atoms with E-state index in [9.17, 15) is 4.79 Å². The fourth-order valence-electron chi connectivity index (χ4n) is 1.19. The minimum atomic E-state index is 0.164. The van der Waals surface area contributed by atoms with E-state index < -0.39 is 0 Å². The van der Waals surface area contributed by atoms with E-state index in [1.807, 2.05) is 13.1 Å². The van der Waals surface area contributed by atoms with Crippen LogP contribution in [0.4, 0.5) is 0 Å². The van der Waals surface area contributed by atoms with Crippen LogP contribution in [0.3, 0.4) is 0 Å². The van der Waals surface area contributed by atoms with Gasteiger partial charge in [-0.05, 0) is 51.2 Å². The topological polar surface area (TPSA) is 20.3 Å². The molecule has 1 aromatic heterocycles. The maximum Gasteiger partial charge on any atom is 0.178 e. The third kappa shape index (κ3) is 4.49. The first-order valence-electron chi connectivity index (χ1n) is 4.70. The molecular formula is C10H13Br2NOS2. The van der Waals surface area contributed by atoms with Gasteiger partial charge in [-0.2, -0.15) is 11.8 Å². The first-order chi connectivity index (χ1) is 7.54. The van der Waals surface area contributed by atoms with Gasteiger partial charge >= 0.3 is 0 Å². The maximum absolute atomic E-state index is 12.0. The van der Waals surface area contributed by atoms with Crippen LogP contribution in [0.15, 0.2) is 13.6 Å². The van der Waals surface area contributed by atoms with Gasteiger partial charge in [-0.25, -0.2) is 0 Å². The lowest BCUT2D eigenvalue weighted by Crippen LogP contribution is -2.28. The number of hydrogen-bond acceptors (Lipinski definition) is 4. The number of halogens is 2. The first kappa shape index (κ1) is 14.7. The van der Waals surface area contributed by atoms with E-state index in [2.05, 4.69) is 43.0 Å². The monoisotopic (exact) mass is 385 g/mol. The van der Waals surface area contributed by atoms with Crippen molar-refractivity contribution in [3.8, 4) is 0 Å². The number of ketones is 1. The Morgan fingerprint density at radius 1 is 1.56 bits per heavy atom. The lowest BCUT2D eigenvalue weighted by Gasteiger charge is -2.14. The van der Waals surface area contributed by atoms with Crippen molar-refractivity contribution in [3.63, 3.8) is 0 Å². The van der Waals surface area contributed by atoms with Crippen LogP contribution in [0.5, 0.6) is 0 Å². The molecule has 0 unspecified atom stereocenters. The molecule has 90 valence electrons. The Hall–Kier alpha value is 0.640. The minimum Gasteiger partial charge on any atom is -0.298 e. The summed E-state index contributed by atoms with van der Waals surface area (Å²) >= 11 is 10.1. The highest BCUT2D eigenvalue weighted by atomic mass is 79.9. The van der Waals surface area contributed by atoms with Gasteiger partial charge in [0.15, 0.2) is 5.78 Å². The molecular weight excluding hydrogens is 374 g/mol. The van der Waals surface area contributed by atoms with Crippen LogP contribution in [-0.2, 0) is 0 Å². The van der Waals surface area contributed by atoms with Crippen LogP contribution in [0.1, 0.15) is 10.4 Å². The number of carbonyl (C=O) groups excluding carboxylic acids is 1. The zero-order valence-corrected chi connectivity index (χ0v) is 13.9. The van der Waals surface area contributed by atoms with Crippen LogP contribution >= 0.6 is 55.0 Å². The number of hydrogen-bond donors (Lipinski definition) is 0. The lowest BCUT2D eigenvalue weighted by molar-refractivity contribution is 0.0949. The fraction of sp³-hybridized carbons (Fsp3) is 0.500. The Kier molecular flexibility index (Phi) is 6.58. The molecule has 0 N–H and O–H groups in total. The summed E-state index contributed by atoms with van der Waals surface area (Å²) in [5.41, 5.74) is 0.771. The molecule has 2 nitrogen and oxygen atoms in total. The van der Waals surface area contributed by atoms with E-state index in [1.54, 1.807) is 11.8 Å². The number of thioether (sulfide) groups is 1. The first-order valence-corrected chi connectivity index (χ1v) is 8.49. The van der Waals surface area contributed by atoms with Gasteiger partial charge in [-0.3, -0.25) is 9.69 Å². The summed E-state index contributed by atoms with van der Waals surface area (Å²) in [4.78, 5) is 14.0. The average molecular weight is 387 g/mol. The molecule has 0 aliphatic carbocycles. The van der Waals surface area contributed by atoms with E-state index in [0.717, 1.165) is 25.4 Å². The van der Waals surface area contributed by atoms with Gasteiger partial charge in [0.1, 0.15) is 0 Å². The molecule has 1 heterocycles. The Morgan fingerprint density at radius 3 is 2.75 bits per heavy atom. The lowest BCUT2D eigenvalue weighted by atomic mass is 10.2. The van der Waals surface area contributed by atoms with Gasteiger partial charge in [-0.1, -0.05) is 0 Å². The normalized spacial score (nSPS) is 11.1. The molecule has 0 aromatic carbocycles. The molecule has 1 aromatic rings. The predicted molar refractivity (Wildman–Crippen MR) is 79.9 cm³/mol. The number of rotatable bonds is 6. The van der Waals surface area contributed by atoms with Crippen LogP contribution in [-0.4, -0.2) is 42.8 Å². The molecule has 0 aliphatic rings. The van der Waals surface area contributed by atoms with Crippen molar-refractivity contribution in [1.29, 1.82) is 0 Å². The van der Waals surface area contributed by atoms with Crippen molar-refractivity contribution in [2.75, 3.05) is 32.1 Å². The molecule has 6 heteroatoms. The van der Waals surface area contributed by atoms with Crippen molar-refractivity contribution in [2.24, 2.45) is 0 Å². The van der Waals surface area contributed by atoms with Crippen LogP contribution in [0.25, 0.3) is 0 Å². The zero-order valence-electron chi connectivity index (χ0n) is 9.13. The van der Waals surface area contributed by atoms with Crippen molar-refractivity contribution < 1.29 is 4.79 Å². The predicted octanol–water partition coefficient (Wildman–Crippen LogP) is 3.75. The largest absolute Gasteiger partial charge is 0.298 e. The average Bonchev–Trinajstić information content (AvgIpc) is 2.54. The summed E-state index contributed by atoms with van der Waals surface area (Å²) < 4.78 is 1.89. The molecule has 0 atom stereocenters. The Bertz CT molecular complexity index is 368. The summed E-state index contributed by atoms with van der Waals surface area (Å²) in [5.74, 6) is 1.22. The van der Waals surface area contributed by atoms with Gasteiger partial charge in [0.2, 0.25) is 0 Å². The summed E-state index contributed by atoms with van der Waals surface area (Å²) in [6.07, 6.45) is 2.07. The van der Waals surface area contributed by atoms with Crippen LogP contribution < -0.4 is 0 Å². The van der Waals surface area contributed by atoms with Gasteiger partial charge in [0, 0.05) is 17.9 Å². The maximum atomic E-state index is 12.0. The fourth-order valence-corrected chi connectivity index (χ4v) is 4.54. The molecule has 0 amide bonds. The Labute approximate surface area is 121 Å². The summed E-state index contributed by atoms with van der Waals surface area (Å²) in [5, 5.41) is 0. The summed E-state index contributed by atoms with van der Waals surface area (Å²) in [7, 11) is 1.98. The standard InChI is InChI=1S/C10H13Br2NOS2/c1-13(3-4-15-2)6-8(14)7-5-9(11)16-10(7)12/h5H,3-4,6H2,1-2H3. The second-order valence-corrected chi connectivity index (χ2v) is 8.13. The Morgan fingerprint density at radius 2 is 2.25 bits per heavy atom. The van der Waals surface area contributed by atoms with E-state index in [4.69, 9.17) is 0 Å². The molecule has 16 heavy (non-hydrogen) atoms. The highest BCUT2D eigenvalue weighted by Crippen LogP contribution is 2.32. The summed E-state index contributed by atoms with van der Waals surface area (Å²) in [6, 6.07) is 1.87. The molecule has 0 aliphatic heterocycles. The van der Waals surface area contributed by atoms with Crippen LogP contribution in [0, 0.1) is 0 Å². The van der Waals surface area contributed by atoms with Crippen molar-refractivity contribution in [3.05, 3.63) is 19.2 Å². The van der Waals surface area contributed by atoms with Gasteiger partial charge < -0.3 is 0 Å². The quantitative estimate of drug-likeness (QED) is 0.694. The molecule has 0 radical (unpaired) electrons. The number of thiophene rings is 1. The second-order valence-electron chi connectivity index (χ2n) is 3.39. The highest BCUT2D eigenvalue weighted by Gasteiger charge is 2.15. The number of carbonyl (C=O) groups is 1. The third-order valence-electron chi connectivity index (χ3n) is 2.05. The number of Topliss-reactive ketones (excluding diaryl/α,β-unsaturated/α-hetero) is 1. The van der Waals surface area contributed by atoms with E-state index >= 15 is 0 Å². The number of nitrogens with zero attached hydrogens (tertiary/aromatic N) is 1. The van der Waals surface area contributed by atoms with E-state index in [1.165, 1.54) is 11.3 Å². The van der Waals surface area contributed by atoms with Crippen molar-refractivity contribution in [2.45, 2.75) is 0 Å². The zero-order chi connectivity index (χ0) is 12.1. The molecule has 1 rings (SSSR count). The molecule has 0 spiro atoms. The SMILES string of the molecule is CSCCN(C)CC(=O)c1cc(Br)sc1Br. The van der Waals surface area contributed by atoms with Gasteiger partial charge in [-0.15, -0.1) is 11.3 Å². The third-order valence-corrected chi connectivity index (χ3v) is 4.98. The molecule has 0 saturated heterocycles. The molecule has 0 saturated carbocycles. The van der Waals surface area contributed by atoms with Gasteiger partial charge in [0.25, 0.3) is 0 Å². The smallest absolute Gasteiger partial charge is 0.178 e. The number of likely N-dealkylation sites (N-methyl/N-ethyl adjacent to an activating group) is 1. The highest BCUT2D eigenvalue weighted by molar-refractivity contribution is 9.12. The van der Waals surface area contributed by atoms with E-state index in [0.29, 0.717) is 6.54 Å². The van der Waals surface area contributed by atoms with Crippen molar-refractivity contribution >= 4 is 60.7 Å². The van der Waals surface area contributed by atoms with E-state index in [-0.39, 0.29) is 5.78 Å². The minimum absolute atomic E-state index is 0.164. The molecule has 0 fully saturated rings. The Balaban J connectivity index is 2.55. The summed E-state index contributed by atoms with van der Waals surface area (Å²) in [6.45, 7) is 1.41.